The third-order valence-corrected chi connectivity index (χ3v) is 4.63. The van der Waals surface area contributed by atoms with Crippen LogP contribution in [0.4, 0.5) is 0 Å². The van der Waals surface area contributed by atoms with E-state index in [2.05, 4.69) is 40.9 Å². The number of methoxy groups -OCH3 is 1. The maximum atomic E-state index is 11.9. The minimum atomic E-state index is 0.0228. The van der Waals surface area contributed by atoms with Gasteiger partial charge >= 0.3 is 0 Å². The maximum Gasteiger partial charge on any atom is 0.243 e. The van der Waals surface area contributed by atoms with Gasteiger partial charge in [0.05, 0.1) is 6.61 Å². The lowest BCUT2D eigenvalue weighted by molar-refractivity contribution is -0.127. The summed E-state index contributed by atoms with van der Waals surface area (Å²) in [4.78, 5) is 22.9. The molecular formula is C18H37N5O2. The first kappa shape index (κ1) is 21.7. The van der Waals surface area contributed by atoms with Crippen molar-refractivity contribution in [2.45, 2.75) is 45.7 Å². The van der Waals surface area contributed by atoms with Crippen molar-refractivity contribution in [3.8, 4) is 0 Å². The molecule has 1 rings (SSSR count). The summed E-state index contributed by atoms with van der Waals surface area (Å²) >= 11 is 0. The van der Waals surface area contributed by atoms with Crippen LogP contribution in [-0.4, -0.2) is 99.2 Å². The molecule has 0 aromatic carbocycles. The lowest BCUT2D eigenvalue weighted by Gasteiger charge is -2.45. The Bertz CT molecular complexity index is 416. The number of nitrogens with one attached hydrogen (secondary N) is 1. The normalized spacial score (nSPS) is 22.2. The zero-order chi connectivity index (χ0) is 18.8. The molecule has 0 aliphatic carbocycles. The van der Waals surface area contributed by atoms with Crippen LogP contribution in [0.5, 0.6) is 0 Å². The van der Waals surface area contributed by atoms with Gasteiger partial charge in [0.2, 0.25) is 5.91 Å². The monoisotopic (exact) mass is 355 g/mol. The number of rotatable bonds is 8. The van der Waals surface area contributed by atoms with E-state index in [4.69, 9.17) is 4.74 Å². The Hall–Kier alpha value is -1.34. The molecule has 2 atom stereocenters. The summed E-state index contributed by atoms with van der Waals surface area (Å²) in [5.74, 6) is 0.878. The topological polar surface area (TPSA) is 60.4 Å². The van der Waals surface area contributed by atoms with Crippen molar-refractivity contribution in [1.29, 1.82) is 0 Å². The van der Waals surface area contributed by atoms with E-state index >= 15 is 0 Å². The van der Waals surface area contributed by atoms with Crippen molar-refractivity contribution in [2.75, 3.05) is 60.5 Å². The molecular weight excluding hydrogens is 318 g/mol. The van der Waals surface area contributed by atoms with E-state index in [0.29, 0.717) is 12.1 Å². The number of carbonyl (C=O) groups excluding carboxylic acids is 1. The first-order chi connectivity index (χ1) is 11.9. The number of hydrogen-bond acceptors (Lipinski definition) is 4. The number of piperazine rings is 1. The minimum Gasteiger partial charge on any atom is -0.383 e. The molecule has 1 amide bonds. The van der Waals surface area contributed by atoms with Crippen LogP contribution in [0.15, 0.2) is 4.99 Å². The van der Waals surface area contributed by atoms with E-state index in [9.17, 15) is 4.79 Å². The molecule has 0 aromatic heterocycles. The Morgan fingerprint density at radius 1 is 1.28 bits per heavy atom. The van der Waals surface area contributed by atoms with Crippen LogP contribution < -0.4 is 5.32 Å². The number of amides is 1. The van der Waals surface area contributed by atoms with Crippen molar-refractivity contribution in [3.05, 3.63) is 0 Å². The summed E-state index contributed by atoms with van der Waals surface area (Å²) < 4.78 is 5.23. The molecule has 25 heavy (non-hydrogen) atoms. The fourth-order valence-corrected chi connectivity index (χ4v) is 3.10. The summed E-state index contributed by atoms with van der Waals surface area (Å²) in [7, 11) is 5.28. The van der Waals surface area contributed by atoms with Crippen molar-refractivity contribution in [1.82, 2.24) is 20.0 Å². The second-order valence-corrected chi connectivity index (χ2v) is 7.04. The van der Waals surface area contributed by atoms with Crippen molar-refractivity contribution >= 4 is 11.9 Å². The zero-order valence-corrected chi connectivity index (χ0v) is 16.9. The Morgan fingerprint density at radius 2 is 1.92 bits per heavy atom. The molecule has 1 fully saturated rings. The fourth-order valence-electron chi connectivity index (χ4n) is 3.10. The molecule has 146 valence electrons. The van der Waals surface area contributed by atoms with Crippen molar-refractivity contribution < 1.29 is 9.53 Å². The second kappa shape index (κ2) is 11.3. The van der Waals surface area contributed by atoms with E-state index in [1.54, 1.807) is 26.1 Å². The van der Waals surface area contributed by atoms with Crippen molar-refractivity contribution in [3.63, 3.8) is 0 Å². The average Bonchev–Trinajstić information content (AvgIpc) is 2.56. The van der Waals surface area contributed by atoms with E-state index in [-0.39, 0.29) is 12.5 Å². The van der Waals surface area contributed by atoms with Crippen LogP contribution in [0.1, 0.15) is 33.6 Å². The fraction of sp³-hybridized carbons (Fsp3) is 0.889. The van der Waals surface area contributed by atoms with E-state index in [0.717, 1.165) is 51.6 Å². The highest BCUT2D eigenvalue weighted by atomic mass is 16.5. The summed E-state index contributed by atoms with van der Waals surface area (Å²) in [6.07, 6.45) is 2.23. The third kappa shape index (κ3) is 7.20. The first-order valence-corrected chi connectivity index (χ1v) is 9.38. The molecule has 7 heteroatoms. The third-order valence-electron chi connectivity index (χ3n) is 4.63. The van der Waals surface area contributed by atoms with Crippen LogP contribution in [0, 0.1) is 0 Å². The number of unbranched alkanes of at least 4 members (excludes halogenated alkanes) is 1. The molecule has 0 spiro atoms. The smallest absolute Gasteiger partial charge is 0.243 e. The van der Waals surface area contributed by atoms with E-state index < -0.39 is 0 Å². The maximum absolute atomic E-state index is 11.9. The van der Waals surface area contributed by atoms with Crippen LogP contribution in [0.25, 0.3) is 0 Å². The zero-order valence-electron chi connectivity index (χ0n) is 16.9. The molecule has 1 aliphatic rings. The van der Waals surface area contributed by atoms with E-state index in [1.165, 1.54) is 0 Å². The molecule has 7 nitrogen and oxygen atoms in total. The number of guanidine groups is 1. The van der Waals surface area contributed by atoms with Crippen LogP contribution in [0.2, 0.25) is 0 Å². The summed E-state index contributed by atoms with van der Waals surface area (Å²) in [5, 5.41) is 3.45. The Balaban J connectivity index is 2.77. The quantitative estimate of drug-likeness (QED) is 0.398. The Labute approximate surface area is 153 Å². The summed E-state index contributed by atoms with van der Waals surface area (Å²) in [6.45, 7) is 11.2. The highest BCUT2D eigenvalue weighted by Gasteiger charge is 2.30. The van der Waals surface area contributed by atoms with Crippen LogP contribution in [-0.2, 0) is 9.53 Å². The van der Waals surface area contributed by atoms with Crippen molar-refractivity contribution in [2.24, 2.45) is 4.99 Å². The van der Waals surface area contributed by atoms with Gasteiger partial charge in [0.15, 0.2) is 5.96 Å². The van der Waals surface area contributed by atoms with Gasteiger partial charge in [-0.2, -0.15) is 0 Å². The number of aliphatic imine (C=N–C) groups is 1. The van der Waals surface area contributed by atoms with Gasteiger partial charge < -0.3 is 19.9 Å². The van der Waals surface area contributed by atoms with Gasteiger partial charge in [-0.25, -0.2) is 4.99 Å². The SMILES string of the molecule is CCCCNC(=NCC(=O)N(C)C)N1CC(C)N(CCOC)C(C)C1. The number of carbonyl (C=O) groups is 1. The largest absolute Gasteiger partial charge is 0.383 e. The average molecular weight is 356 g/mol. The number of ether oxygens (including phenoxy) is 1. The number of hydrogen-bond donors (Lipinski definition) is 1. The molecule has 1 aliphatic heterocycles. The summed E-state index contributed by atoms with van der Waals surface area (Å²) in [6, 6.07) is 0.836. The predicted molar refractivity (Wildman–Crippen MR) is 103 cm³/mol. The molecule has 0 bridgehead atoms. The molecule has 1 N–H and O–H groups in total. The molecule has 0 radical (unpaired) electrons. The lowest BCUT2D eigenvalue weighted by atomic mass is 10.1. The van der Waals surface area contributed by atoms with E-state index in [1.807, 2.05) is 0 Å². The van der Waals surface area contributed by atoms with Gasteiger partial charge in [0, 0.05) is 59.5 Å². The first-order valence-electron chi connectivity index (χ1n) is 9.38. The summed E-state index contributed by atoms with van der Waals surface area (Å²) in [5.41, 5.74) is 0. The number of nitrogens with zero attached hydrogens (tertiary/aromatic N) is 4. The van der Waals surface area contributed by atoms with Gasteiger partial charge in [0.25, 0.3) is 0 Å². The number of likely N-dealkylation sites (N-methyl/N-ethyl adjacent to an activating group) is 1. The highest BCUT2D eigenvalue weighted by molar-refractivity contribution is 5.85. The van der Waals surface area contributed by atoms with Crippen LogP contribution >= 0.6 is 0 Å². The van der Waals surface area contributed by atoms with Crippen LogP contribution in [0.3, 0.4) is 0 Å². The van der Waals surface area contributed by atoms with Gasteiger partial charge in [-0.1, -0.05) is 13.3 Å². The van der Waals surface area contributed by atoms with Gasteiger partial charge in [-0.05, 0) is 20.3 Å². The van der Waals surface area contributed by atoms with Gasteiger partial charge in [-0.3, -0.25) is 9.69 Å². The predicted octanol–water partition coefficient (Wildman–Crippen LogP) is 0.861. The lowest BCUT2D eigenvalue weighted by Crippen LogP contribution is -2.60. The minimum absolute atomic E-state index is 0.0228. The molecule has 1 heterocycles. The highest BCUT2D eigenvalue weighted by Crippen LogP contribution is 2.15. The Kier molecular flexibility index (Phi) is 9.82. The molecule has 0 saturated carbocycles. The van der Waals surface area contributed by atoms with Gasteiger partial charge in [0.1, 0.15) is 6.54 Å². The van der Waals surface area contributed by atoms with Gasteiger partial charge in [-0.15, -0.1) is 0 Å². The Morgan fingerprint density at radius 3 is 2.44 bits per heavy atom. The molecule has 0 aromatic rings. The standard InChI is InChI=1S/C18H37N5O2/c1-7-8-9-19-18(20-12-17(24)21(4)5)22-13-15(2)23(10-11-25-6)16(3)14-22/h15-16H,7-14H2,1-6H3,(H,19,20). The second-order valence-electron chi connectivity index (χ2n) is 7.04. The molecule has 1 saturated heterocycles. The molecule has 2 unspecified atom stereocenters.